The van der Waals surface area contributed by atoms with Gasteiger partial charge in [0, 0.05) is 25.2 Å². The molecule has 2 aromatic carbocycles. The molecule has 33 heavy (non-hydrogen) atoms. The second-order valence-corrected chi connectivity index (χ2v) is 8.26. The van der Waals surface area contributed by atoms with E-state index in [1.807, 2.05) is 25.1 Å². The van der Waals surface area contributed by atoms with E-state index in [0.29, 0.717) is 13.2 Å². The van der Waals surface area contributed by atoms with Crippen molar-refractivity contribution in [1.29, 1.82) is 0 Å². The third-order valence-electron chi connectivity index (χ3n) is 5.79. The third kappa shape index (κ3) is 6.09. The Morgan fingerprint density at radius 3 is 2.58 bits per heavy atom. The van der Waals surface area contributed by atoms with Crippen LogP contribution in [0.5, 0.6) is 5.75 Å². The number of hydrogen-bond donors (Lipinski definition) is 1. The molecular formula is C27H30FN3O2. The Balaban J connectivity index is 1.52. The van der Waals surface area contributed by atoms with Crippen LogP contribution in [0.3, 0.4) is 0 Å². The lowest BCUT2D eigenvalue weighted by molar-refractivity contribution is -0.120. The van der Waals surface area contributed by atoms with Gasteiger partial charge in [-0.05, 0) is 73.7 Å². The number of nitrogens with zero attached hydrogens (tertiary/aromatic N) is 2. The van der Waals surface area contributed by atoms with Crippen LogP contribution >= 0.6 is 0 Å². The number of benzene rings is 2. The highest BCUT2D eigenvalue weighted by Crippen LogP contribution is 2.32. The molecule has 1 fully saturated rings. The van der Waals surface area contributed by atoms with Crippen molar-refractivity contribution >= 4 is 11.7 Å². The normalized spacial score (nSPS) is 13.6. The highest BCUT2D eigenvalue weighted by molar-refractivity contribution is 5.80. The maximum atomic E-state index is 13.4. The van der Waals surface area contributed by atoms with Crippen LogP contribution in [0.2, 0.25) is 0 Å². The molecule has 3 aromatic rings. The van der Waals surface area contributed by atoms with Crippen LogP contribution in [0.15, 0.2) is 60.7 Å². The number of hydrogen-bond acceptors (Lipinski definition) is 4. The molecule has 0 spiro atoms. The fourth-order valence-corrected chi connectivity index (χ4v) is 4.13. The number of piperidine rings is 1. The van der Waals surface area contributed by atoms with Crippen LogP contribution in [0.1, 0.15) is 37.4 Å². The first-order valence-corrected chi connectivity index (χ1v) is 11.6. The summed E-state index contributed by atoms with van der Waals surface area (Å²) in [4.78, 5) is 19.8. The van der Waals surface area contributed by atoms with Gasteiger partial charge >= 0.3 is 0 Å². The zero-order valence-electron chi connectivity index (χ0n) is 19.0. The van der Waals surface area contributed by atoms with Crippen molar-refractivity contribution in [2.45, 2.75) is 39.2 Å². The van der Waals surface area contributed by atoms with Gasteiger partial charge in [0.1, 0.15) is 17.4 Å². The Morgan fingerprint density at radius 2 is 1.85 bits per heavy atom. The Morgan fingerprint density at radius 1 is 1.06 bits per heavy atom. The number of carbonyl (C=O) groups excluding carboxylic acids is 1. The van der Waals surface area contributed by atoms with Crippen molar-refractivity contribution in [3.63, 3.8) is 0 Å². The Bertz CT molecular complexity index is 1080. The third-order valence-corrected chi connectivity index (χ3v) is 5.79. The quantitative estimate of drug-likeness (QED) is 0.520. The van der Waals surface area contributed by atoms with Crippen LogP contribution in [-0.4, -0.2) is 30.6 Å². The smallest absolute Gasteiger partial charge is 0.226 e. The lowest BCUT2D eigenvalue weighted by Crippen LogP contribution is -2.31. The summed E-state index contributed by atoms with van der Waals surface area (Å²) in [6.45, 7) is 4.83. The molecule has 6 heteroatoms. The number of rotatable bonds is 8. The van der Waals surface area contributed by atoms with Gasteiger partial charge in [-0.25, -0.2) is 9.37 Å². The van der Waals surface area contributed by atoms with Crippen molar-refractivity contribution in [3.8, 4) is 16.9 Å². The summed E-state index contributed by atoms with van der Waals surface area (Å²) in [5.41, 5.74) is 3.59. The van der Waals surface area contributed by atoms with Crippen molar-refractivity contribution in [3.05, 3.63) is 77.7 Å². The molecule has 0 unspecified atom stereocenters. The molecule has 1 aliphatic rings. The minimum absolute atomic E-state index is 0.134. The molecule has 4 rings (SSSR count). The van der Waals surface area contributed by atoms with Gasteiger partial charge in [-0.15, -0.1) is 0 Å². The first-order chi connectivity index (χ1) is 16.1. The molecule has 0 bridgehead atoms. The predicted molar refractivity (Wildman–Crippen MR) is 129 cm³/mol. The average Bonchev–Trinajstić information content (AvgIpc) is 2.84. The summed E-state index contributed by atoms with van der Waals surface area (Å²) in [7, 11) is 0. The van der Waals surface area contributed by atoms with Crippen molar-refractivity contribution < 1.29 is 13.9 Å². The van der Waals surface area contributed by atoms with E-state index < -0.39 is 0 Å². The molecule has 0 saturated carbocycles. The van der Waals surface area contributed by atoms with E-state index in [2.05, 4.69) is 28.4 Å². The Kier molecular flexibility index (Phi) is 7.55. The van der Waals surface area contributed by atoms with Gasteiger partial charge in [0.25, 0.3) is 0 Å². The summed E-state index contributed by atoms with van der Waals surface area (Å²) < 4.78 is 18.9. The molecule has 1 aromatic heterocycles. The molecule has 172 valence electrons. The highest BCUT2D eigenvalue weighted by atomic mass is 19.1. The first-order valence-electron chi connectivity index (χ1n) is 11.6. The maximum Gasteiger partial charge on any atom is 0.226 e. The molecule has 1 N–H and O–H groups in total. The molecule has 1 saturated heterocycles. The number of ether oxygens (including phenoxy) is 1. The van der Waals surface area contributed by atoms with Gasteiger partial charge in [0.05, 0.1) is 18.7 Å². The molecule has 1 aliphatic heterocycles. The zero-order valence-corrected chi connectivity index (χ0v) is 19.0. The maximum absolute atomic E-state index is 13.4. The summed E-state index contributed by atoms with van der Waals surface area (Å²) >= 11 is 0. The Labute approximate surface area is 194 Å². The van der Waals surface area contributed by atoms with Gasteiger partial charge in [-0.1, -0.05) is 24.3 Å². The van der Waals surface area contributed by atoms with Gasteiger partial charge in [-0.2, -0.15) is 0 Å². The second-order valence-electron chi connectivity index (χ2n) is 8.26. The second kappa shape index (κ2) is 10.9. The topological polar surface area (TPSA) is 54.5 Å². The van der Waals surface area contributed by atoms with Crippen LogP contribution in [0, 0.1) is 5.82 Å². The Hall–Kier alpha value is -3.41. The molecule has 0 aliphatic carbocycles. The lowest BCUT2D eigenvalue weighted by atomic mass is 10.0. The van der Waals surface area contributed by atoms with Gasteiger partial charge in [0.15, 0.2) is 0 Å². The van der Waals surface area contributed by atoms with Crippen LogP contribution < -0.4 is 15.0 Å². The van der Waals surface area contributed by atoms with Crippen LogP contribution in [-0.2, 0) is 17.8 Å². The molecule has 0 atom stereocenters. The number of anilines is 1. The zero-order chi connectivity index (χ0) is 23.0. The van der Waals surface area contributed by atoms with Crippen molar-refractivity contribution in [1.82, 2.24) is 10.3 Å². The minimum Gasteiger partial charge on any atom is -0.494 e. The number of amides is 1. The summed E-state index contributed by atoms with van der Waals surface area (Å²) in [5, 5.41) is 2.87. The number of carbonyl (C=O) groups is 1. The van der Waals surface area contributed by atoms with Crippen LogP contribution in [0.25, 0.3) is 11.1 Å². The first kappa shape index (κ1) is 22.8. The summed E-state index contributed by atoms with van der Waals surface area (Å²) in [5.74, 6) is 1.33. The van der Waals surface area contributed by atoms with E-state index in [9.17, 15) is 9.18 Å². The van der Waals surface area contributed by atoms with Gasteiger partial charge in [0.2, 0.25) is 5.91 Å². The minimum atomic E-state index is -0.306. The SMILES string of the molecule is CCOc1ccc(-c2ccc(CC(=O)NCc3cccc(F)c3)nc2N2CCCCC2)cc1. The predicted octanol–water partition coefficient (Wildman–Crippen LogP) is 5.14. The monoisotopic (exact) mass is 447 g/mol. The average molecular weight is 448 g/mol. The van der Waals surface area contributed by atoms with E-state index in [0.717, 1.165) is 59.9 Å². The molecule has 2 heterocycles. The number of nitrogens with one attached hydrogen (secondary N) is 1. The van der Waals surface area contributed by atoms with E-state index >= 15 is 0 Å². The standard InChI is InChI=1S/C27H30FN3O2/c1-2-33-24-12-9-21(10-13-24)25-14-11-23(30-27(25)31-15-4-3-5-16-31)18-26(32)29-19-20-7-6-8-22(28)17-20/h6-14,17H,2-5,15-16,18-19H2,1H3,(H,29,32). The van der Waals surface area contributed by atoms with Crippen molar-refractivity contribution in [2.75, 3.05) is 24.6 Å². The molecule has 0 radical (unpaired) electrons. The number of halogens is 1. The molecule has 5 nitrogen and oxygen atoms in total. The number of pyridine rings is 1. The lowest BCUT2D eigenvalue weighted by Gasteiger charge is -2.30. The highest BCUT2D eigenvalue weighted by Gasteiger charge is 2.18. The fraction of sp³-hybridized carbons (Fsp3) is 0.333. The van der Waals surface area contributed by atoms with Gasteiger partial charge < -0.3 is 15.0 Å². The van der Waals surface area contributed by atoms with E-state index in [1.54, 1.807) is 12.1 Å². The van der Waals surface area contributed by atoms with E-state index in [1.165, 1.54) is 18.6 Å². The summed E-state index contributed by atoms with van der Waals surface area (Å²) in [6.07, 6.45) is 3.70. The van der Waals surface area contributed by atoms with E-state index in [-0.39, 0.29) is 18.1 Å². The molecule has 1 amide bonds. The van der Waals surface area contributed by atoms with Gasteiger partial charge in [-0.3, -0.25) is 4.79 Å². The summed E-state index contributed by atoms with van der Waals surface area (Å²) in [6, 6.07) is 18.3. The van der Waals surface area contributed by atoms with Crippen LogP contribution in [0.4, 0.5) is 10.2 Å². The fourth-order valence-electron chi connectivity index (χ4n) is 4.13. The molecular weight excluding hydrogens is 417 g/mol. The largest absolute Gasteiger partial charge is 0.494 e. The van der Waals surface area contributed by atoms with Crippen molar-refractivity contribution in [2.24, 2.45) is 0 Å². The van der Waals surface area contributed by atoms with E-state index in [4.69, 9.17) is 9.72 Å². The number of aromatic nitrogens is 1.